The van der Waals surface area contributed by atoms with Crippen LogP contribution in [0.1, 0.15) is 51.1 Å². The van der Waals surface area contributed by atoms with Crippen LogP contribution in [-0.4, -0.2) is 12.5 Å². The van der Waals surface area contributed by atoms with Crippen molar-refractivity contribution in [2.24, 2.45) is 23.5 Å². The van der Waals surface area contributed by atoms with E-state index in [2.05, 4.69) is 31.3 Å². The summed E-state index contributed by atoms with van der Waals surface area (Å²) in [5.74, 6) is 1.63. The molecular weight excluding hydrogens is 260 g/mol. The Labute approximate surface area is 128 Å². The highest BCUT2D eigenvalue weighted by atomic mass is 16.1. The van der Waals surface area contributed by atoms with Gasteiger partial charge in [0.05, 0.1) is 6.04 Å². The lowest BCUT2D eigenvalue weighted by molar-refractivity contribution is -0.123. The summed E-state index contributed by atoms with van der Waals surface area (Å²) in [4.78, 5) is 12.3. The van der Waals surface area contributed by atoms with E-state index in [4.69, 9.17) is 5.73 Å². The van der Waals surface area contributed by atoms with E-state index in [-0.39, 0.29) is 11.9 Å². The van der Waals surface area contributed by atoms with Crippen LogP contribution in [0.15, 0.2) is 30.3 Å². The van der Waals surface area contributed by atoms with Crippen molar-refractivity contribution in [3.8, 4) is 0 Å². The predicted octanol–water partition coefficient (Wildman–Crippen LogP) is 3.27. The molecule has 1 aromatic rings. The molecule has 1 aliphatic carbocycles. The van der Waals surface area contributed by atoms with Crippen molar-refractivity contribution in [1.29, 1.82) is 0 Å². The van der Waals surface area contributed by atoms with Gasteiger partial charge in [-0.3, -0.25) is 4.79 Å². The average molecular weight is 288 g/mol. The third-order valence-corrected chi connectivity index (χ3v) is 4.18. The molecule has 1 fully saturated rings. The molecule has 2 rings (SSSR count). The van der Waals surface area contributed by atoms with Crippen LogP contribution in [0, 0.1) is 17.8 Å². The van der Waals surface area contributed by atoms with Crippen LogP contribution in [0.3, 0.4) is 0 Å². The maximum atomic E-state index is 12.3. The predicted molar refractivity (Wildman–Crippen MR) is 86.7 cm³/mol. The van der Waals surface area contributed by atoms with Crippen molar-refractivity contribution < 1.29 is 4.79 Å². The van der Waals surface area contributed by atoms with Gasteiger partial charge in [-0.2, -0.15) is 0 Å². The molecule has 21 heavy (non-hydrogen) atoms. The Morgan fingerprint density at radius 1 is 1.29 bits per heavy atom. The van der Waals surface area contributed by atoms with E-state index >= 15 is 0 Å². The van der Waals surface area contributed by atoms with Gasteiger partial charge in [0.25, 0.3) is 0 Å². The van der Waals surface area contributed by atoms with E-state index in [9.17, 15) is 4.79 Å². The lowest BCUT2D eigenvalue weighted by Gasteiger charge is -2.21. The normalized spacial score (nSPS) is 17.5. The average Bonchev–Trinajstić information content (AvgIpc) is 3.29. The lowest BCUT2D eigenvalue weighted by atomic mass is 9.93. The molecule has 116 valence electrons. The summed E-state index contributed by atoms with van der Waals surface area (Å²) in [5, 5.41) is 3.24. The van der Waals surface area contributed by atoms with E-state index in [0.29, 0.717) is 30.7 Å². The zero-order chi connectivity index (χ0) is 15.2. The van der Waals surface area contributed by atoms with E-state index in [1.54, 1.807) is 0 Å². The highest BCUT2D eigenvalue weighted by Crippen LogP contribution is 2.41. The van der Waals surface area contributed by atoms with Gasteiger partial charge < -0.3 is 11.1 Å². The second-order valence-corrected chi connectivity index (χ2v) is 6.73. The molecular formula is C18H28N2O. The molecule has 0 bridgehead atoms. The van der Waals surface area contributed by atoms with Gasteiger partial charge in [0.2, 0.25) is 5.91 Å². The quantitative estimate of drug-likeness (QED) is 0.771. The first kappa shape index (κ1) is 16.0. The van der Waals surface area contributed by atoms with Gasteiger partial charge in [0.1, 0.15) is 0 Å². The Morgan fingerprint density at radius 2 is 1.95 bits per heavy atom. The first-order chi connectivity index (χ1) is 10.1. The second-order valence-electron chi connectivity index (χ2n) is 6.73. The largest absolute Gasteiger partial charge is 0.349 e. The first-order valence-corrected chi connectivity index (χ1v) is 8.14. The van der Waals surface area contributed by atoms with E-state index in [1.807, 2.05) is 18.2 Å². The zero-order valence-corrected chi connectivity index (χ0v) is 13.2. The molecule has 3 heteroatoms. The zero-order valence-electron chi connectivity index (χ0n) is 13.2. The maximum absolute atomic E-state index is 12.3. The number of hydrogen-bond acceptors (Lipinski definition) is 2. The summed E-state index contributed by atoms with van der Waals surface area (Å²) in [7, 11) is 0. The Bertz CT molecular complexity index is 440. The molecule has 0 heterocycles. The van der Waals surface area contributed by atoms with Crippen LogP contribution in [-0.2, 0) is 4.79 Å². The fraction of sp³-hybridized carbons (Fsp3) is 0.611. The molecule has 2 atom stereocenters. The number of benzene rings is 1. The third-order valence-electron chi connectivity index (χ3n) is 4.18. The Kier molecular flexibility index (Phi) is 5.80. The molecule has 1 amide bonds. The second kappa shape index (κ2) is 7.60. The van der Waals surface area contributed by atoms with Crippen molar-refractivity contribution in [3.05, 3.63) is 35.9 Å². The van der Waals surface area contributed by atoms with Gasteiger partial charge in [-0.1, -0.05) is 44.2 Å². The summed E-state index contributed by atoms with van der Waals surface area (Å²) in [6, 6.07) is 10.5. The van der Waals surface area contributed by atoms with Crippen LogP contribution in [0.4, 0.5) is 0 Å². The van der Waals surface area contributed by atoms with E-state index < -0.39 is 0 Å². The smallest absolute Gasteiger partial charge is 0.220 e. The van der Waals surface area contributed by atoms with Crippen LogP contribution < -0.4 is 11.1 Å². The molecule has 0 aromatic heterocycles. The monoisotopic (exact) mass is 288 g/mol. The summed E-state index contributed by atoms with van der Waals surface area (Å²) in [5.41, 5.74) is 7.03. The summed E-state index contributed by atoms with van der Waals surface area (Å²) in [6.45, 7) is 4.94. The van der Waals surface area contributed by atoms with Gasteiger partial charge >= 0.3 is 0 Å². The minimum absolute atomic E-state index is 0.145. The highest BCUT2D eigenvalue weighted by Gasteiger charge is 2.33. The topological polar surface area (TPSA) is 55.1 Å². The first-order valence-electron chi connectivity index (χ1n) is 8.14. The van der Waals surface area contributed by atoms with Crippen LogP contribution in [0.2, 0.25) is 0 Å². The SMILES string of the molecule is CC(C)C[C@H](CN)CC(=O)NC(c1ccccc1)C1CC1. The highest BCUT2D eigenvalue weighted by molar-refractivity contribution is 5.76. The number of carbonyl (C=O) groups excluding carboxylic acids is 1. The van der Waals surface area contributed by atoms with Crippen molar-refractivity contribution in [2.75, 3.05) is 6.54 Å². The van der Waals surface area contributed by atoms with Crippen LogP contribution >= 0.6 is 0 Å². The van der Waals surface area contributed by atoms with E-state index in [1.165, 1.54) is 18.4 Å². The molecule has 1 aromatic carbocycles. The lowest BCUT2D eigenvalue weighted by Crippen LogP contribution is -2.33. The van der Waals surface area contributed by atoms with Crippen molar-refractivity contribution in [1.82, 2.24) is 5.32 Å². The standard InChI is InChI=1S/C18H28N2O/c1-13(2)10-14(12-19)11-17(21)20-18(16-8-9-16)15-6-4-3-5-7-15/h3-7,13-14,16,18H,8-12,19H2,1-2H3,(H,20,21)/t14-,18?/m0/s1. The fourth-order valence-corrected chi connectivity index (χ4v) is 2.99. The number of nitrogens with one attached hydrogen (secondary N) is 1. The molecule has 3 nitrogen and oxygen atoms in total. The number of amides is 1. The van der Waals surface area contributed by atoms with Gasteiger partial charge in [0, 0.05) is 6.42 Å². The van der Waals surface area contributed by atoms with Crippen LogP contribution in [0.5, 0.6) is 0 Å². The van der Waals surface area contributed by atoms with Crippen molar-refractivity contribution in [3.63, 3.8) is 0 Å². The number of carbonyl (C=O) groups is 1. The molecule has 0 spiro atoms. The Hall–Kier alpha value is -1.35. The fourth-order valence-electron chi connectivity index (χ4n) is 2.99. The summed E-state index contributed by atoms with van der Waals surface area (Å²) >= 11 is 0. The molecule has 1 aliphatic rings. The van der Waals surface area contributed by atoms with Crippen molar-refractivity contribution >= 4 is 5.91 Å². The Morgan fingerprint density at radius 3 is 2.48 bits per heavy atom. The van der Waals surface area contributed by atoms with Gasteiger partial charge in [-0.25, -0.2) is 0 Å². The number of hydrogen-bond donors (Lipinski definition) is 2. The minimum atomic E-state index is 0.145. The molecule has 3 N–H and O–H groups in total. The molecule has 0 saturated heterocycles. The molecule has 0 radical (unpaired) electrons. The Balaban J connectivity index is 1.93. The number of rotatable bonds is 8. The number of nitrogens with two attached hydrogens (primary N) is 1. The van der Waals surface area contributed by atoms with Crippen LogP contribution in [0.25, 0.3) is 0 Å². The van der Waals surface area contributed by atoms with Gasteiger partial charge in [-0.15, -0.1) is 0 Å². The van der Waals surface area contributed by atoms with Crippen molar-refractivity contribution in [2.45, 2.75) is 45.6 Å². The molecule has 1 unspecified atom stereocenters. The third kappa shape index (κ3) is 5.16. The summed E-state index contributed by atoms with van der Waals surface area (Å²) in [6.07, 6.45) is 3.99. The molecule has 0 aliphatic heterocycles. The van der Waals surface area contributed by atoms with Gasteiger partial charge in [0.15, 0.2) is 0 Å². The van der Waals surface area contributed by atoms with E-state index in [0.717, 1.165) is 6.42 Å². The maximum Gasteiger partial charge on any atom is 0.220 e. The molecule has 1 saturated carbocycles. The minimum Gasteiger partial charge on any atom is -0.349 e. The van der Waals surface area contributed by atoms with Gasteiger partial charge in [-0.05, 0) is 49.1 Å². The summed E-state index contributed by atoms with van der Waals surface area (Å²) < 4.78 is 0.